The lowest BCUT2D eigenvalue weighted by Gasteiger charge is -2.18. The molecule has 0 spiro atoms. The lowest BCUT2D eigenvalue weighted by molar-refractivity contribution is -0.116. The van der Waals surface area contributed by atoms with Gasteiger partial charge in [0.2, 0.25) is 11.8 Å². The van der Waals surface area contributed by atoms with Crippen molar-refractivity contribution in [3.63, 3.8) is 0 Å². The SMILES string of the molecule is O=C(Nc1ccc2oc(-c3cccc(Cl)c3)nc2c1)C(c1ccccc1)c1ccccc1. The average Bonchev–Trinajstić information content (AvgIpc) is 3.24. The fourth-order valence-electron chi connectivity index (χ4n) is 3.75. The number of carbonyl (C=O) groups excluding carboxylic acids is 1. The monoisotopic (exact) mass is 438 g/mol. The van der Waals surface area contributed by atoms with Gasteiger partial charge in [0.25, 0.3) is 0 Å². The number of benzene rings is 4. The lowest BCUT2D eigenvalue weighted by Crippen LogP contribution is -2.22. The van der Waals surface area contributed by atoms with E-state index < -0.39 is 5.92 Å². The second-order valence-corrected chi connectivity index (χ2v) is 7.89. The van der Waals surface area contributed by atoms with Crippen LogP contribution in [0.15, 0.2) is 108 Å². The van der Waals surface area contributed by atoms with E-state index in [1.54, 1.807) is 12.1 Å². The molecule has 0 saturated heterocycles. The van der Waals surface area contributed by atoms with E-state index in [1.807, 2.05) is 91.0 Å². The molecule has 4 aromatic carbocycles. The zero-order chi connectivity index (χ0) is 21.9. The molecule has 5 heteroatoms. The van der Waals surface area contributed by atoms with Crippen LogP contribution in [0.25, 0.3) is 22.6 Å². The van der Waals surface area contributed by atoms with Crippen molar-refractivity contribution in [2.24, 2.45) is 0 Å². The van der Waals surface area contributed by atoms with Crippen LogP contribution in [0.2, 0.25) is 5.02 Å². The van der Waals surface area contributed by atoms with Gasteiger partial charge in [0.1, 0.15) is 5.52 Å². The quantitative estimate of drug-likeness (QED) is 0.324. The van der Waals surface area contributed by atoms with E-state index in [-0.39, 0.29) is 5.91 Å². The number of halogens is 1. The number of fused-ring (bicyclic) bond motifs is 1. The summed E-state index contributed by atoms with van der Waals surface area (Å²) < 4.78 is 5.87. The Balaban J connectivity index is 1.45. The van der Waals surface area contributed by atoms with Crippen molar-refractivity contribution in [2.45, 2.75) is 5.92 Å². The van der Waals surface area contributed by atoms with E-state index in [1.165, 1.54) is 0 Å². The Morgan fingerprint density at radius 3 is 2.16 bits per heavy atom. The number of hydrogen-bond donors (Lipinski definition) is 1. The summed E-state index contributed by atoms with van der Waals surface area (Å²) in [5, 5.41) is 3.66. The first-order valence-corrected chi connectivity index (χ1v) is 10.6. The number of rotatable bonds is 5. The Bertz CT molecular complexity index is 1340. The molecule has 1 aromatic heterocycles. The molecule has 0 atom stereocenters. The molecule has 0 saturated carbocycles. The maximum atomic E-state index is 13.3. The number of nitrogens with zero attached hydrogens (tertiary/aromatic N) is 1. The predicted molar refractivity (Wildman–Crippen MR) is 128 cm³/mol. The third kappa shape index (κ3) is 4.13. The van der Waals surface area contributed by atoms with Crippen LogP contribution in [0.5, 0.6) is 0 Å². The minimum absolute atomic E-state index is 0.111. The van der Waals surface area contributed by atoms with E-state index in [0.29, 0.717) is 27.7 Å². The molecule has 156 valence electrons. The van der Waals surface area contributed by atoms with Crippen molar-refractivity contribution in [3.8, 4) is 11.5 Å². The molecule has 0 aliphatic heterocycles. The van der Waals surface area contributed by atoms with Crippen LogP contribution in [0.1, 0.15) is 17.0 Å². The van der Waals surface area contributed by atoms with Crippen LogP contribution < -0.4 is 5.32 Å². The van der Waals surface area contributed by atoms with Gasteiger partial charge in [0.05, 0.1) is 5.92 Å². The third-order valence-corrected chi connectivity index (χ3v) is 5.49. The second-order valence-electron chi connectivity index (χ2n) is 7.46. The zero-order valence-corrected chi connectivity index (χ0v) is 17.8. The number of aromatic nitrogens is 1. The van der Waals surface area contributed by atoms with Crippen molar-refractivity contribution in [3.05, 3.63) is 119 Å². The molecule has 0 unspecified atom stereocenters. The second kappa shape index (κ2) is 8.69. The summed E-state index contributed by atoms with van der Waals surface area (Å²) in [5.41, 5.74) is 4.62. The van der Waals surface area contributed by atoms with Gasteiger partial charge < -0.3 is 9.73 Å². The van der Waals surface area contributed by atoms with Gasteiger partial charge in [-0.1, -0.05) is 78.3 Å². The molecule has 5 rings (SSSR count). The van der Waals surface area contributed by atoms with Crippen LogP contribution in [0.4, 0.5) is 5.69 Å². The van der Waals surface area contributed by atoms with E-state index in [2.05, 4.69) is 10.3 Å². The van der Waals surface area contributed by atoms with Crippen molar-refractivity contribution in [2.75, 3.05) is 5.32 Å². The molecule has 0 fully saturated rings. The zero-order valence-electron chi connectivity index (χ0n) is 17.0. The van der Waals surface area contributed by atoms with E-state index in [4.69, 9.17) is 16.0 Å². The Labute approximate surface area is 190 Å². The highest BCUT2D eigenvalue weighted by Gasteiger charge is 2.23. The van der Waals surface area contributed by atoms with E-state index in [9.17, 15) is 4.79 Å². The van der Waals surface area contributed by atoms with Crippen LogP contribution in [-0.2, 0) is 4.79 Å². The predicted octanol–water partition coefficient (Wildman–Crippen LogP) is 6.92. The van der Waals surface area contributed by atoms with Crippen LogP contribution in [-0.4, -0.2) is 10.9 Å². The molecule has 0 aliphatic rings. The summed E-state index contributed by atoms with van der Waals surface area (Å²) in [5.74, 6) is -0.0508. The number of carbonyl (C=O) groups is 1. The molecule has 0 aliphatic carbocycles. The largest absolute Gasteiger partial charge is 0.436 e. The first-order chi connectivity index (χ1) is 15.7. The smallest absolute Gasteiger partial charge is 0.236 e. The summed E-state index contributed by atoms with van der Waals surface area (Å²) in [7, 11) is 0. The van der Waals surface area contributed by atoms with Gasteiger partial charge in [-0.2, -0.15) is 0 Å². The first-order valence-electron chi connectivity index (χ1n) is 10.2. The normalized spacial score (nSPS) is 11.1. The number of nitrogens with one attached hydrogen (secondary N) is 1. The van der Waals surface area contributed by atoms with Gasteiger partial charge in [0.15, 0.2) is 5.58 Å². The van der Waals surface area contributed by atoms with Crippen molar-refractivity contribution in [1.82, 2.24) is 4.98 Å². The van der Waals surface area contributed by atoms with E-state index >= 15 is 0 Å². The number of oxazole rings is 1. The van der Waals surface area contributed by atoms with Crippen LogP contribution in [0, 0.1) is 0 Å². The summed E-state index contributed by atoms with van der Waals surface area (Å²) in [6, 6.07) is 32.3. The van der Waals surface area contributed by atoms with Gasteiger partial charge >= 0.3 is 0 Å². The topological polar surface area (TPSA) is 55.1 Å². The molecule has 4 nitrogen and oxygen atoms in total. The third-order valence-electron chi connectivity index (χ3n) is 5.25. The molecular weight excluding hydrogens is 420 g/mol. The van der Waals surface area contributed by atoms with Gasteiger partial charge in [-0.25, -0.2) is 4.98 Å². The lowest BCUT2D eigenvalue weighted by atomic mass is 9.90. The molecule has 1 amide bonds. The summed E-state index contributed by atoms with van der Waals surface area (Å²) in [4.78, 5) is 17.9. The minimum atomic E-state index is -0.424. The molecule has 1 N–H and O–H groups in total. The Morgan fingerprint density at radius 2 is 1.50 bits per heavy atom. The highest BCUT2D eigenvalue weighted by molar-refractivity contribution is 6.30. The maximum Gasteiger partial charge on any atom is 0.236 e. The average molecular weight is 439 g/mol. The van der Waals surface area contributed by atoms with Crippen LogP contribution in [0.3, 0.4) is 0 Å². The highest BCUT2D eigenvalue weighted by Crippen LogP contribution is 2.29. The summed E-state index contributed by atoms with van der Waals surface area (Å²) >= 11 is 6.09. The first kappa shape index (κ1) is 20.0. The molecule has 32 heavy (non-hydrogen) atoms. The highest BCUT2D eigenvalue weighted by atomic mass is 35.5. The molecule has 1 heterocycles. The Hall–Kier alpha value is -3.89. The molecular formula is C27H19ClN2O2. The van der Waals surface area contributed by atoms with Crippen LogP contribution >= 0.6 is 11.6 Å². The van der Waals surface area contributed by atoms with Gasteiger partial charge in [-0.15, -0.1) is 0 Å². The van der Waals surface area contributed by atoms with Gasteiger partial charge in [0, 0.05) is 16.3 Å². The standard InChI is InChI=1S/C27H19ClN2O2/c28-21-13-7-12-20(16-21)27-30-23-17-22(14-15-24(23)32-27)29-26(31)25(18-8-3-1-4-9-18)19-10-5-2-6-11-19/h1-17,25H,(H,29,31). The van der Waals surface area contributed by atoms with Crippen molar-refractivity contribution >= 4 is 34.3 Å². The fraction of sp³-hybridized carbons (Fsp3) is 0.0370. The molecule has 5 aromatic rings. The van der Waals surface area contributed by atoms with Gasteiger partial charge in [-0.3, -0.25) is 4.79 Å². The van der Waals surface area contributed by atoms with Crippen molar-refractivity contribution < 1.29 is 9.21 Å². The summed E-state index contributed by atoms with van der Waals surface area (Å²) in [6.07, 6.45) is 0. The molecule has 0 bridgehead atoms. The number of amides is 1. The Kier molecular flexibility index (Phi) is 5.44. The minimum Gasteiger partial charge on any atom is -0.436 e. The molecule has 0 radical (unpaired) electrons. The number of anilines is 1. The van der Waals surface area contributed by atoms with Gasteiger partial charge in [-0.05, 0) is 47.5 Å². The number of hydrogen-bond acceptors (Lipinski definition) is 3. The maximum absolute atomic E-state index is 13.3. The fourth-order valence-corrected chi connectivity index (χ4v) is 3.94. The Morgan fingerprint density at radius 1 is 0.812 bits per heavy atom. The van der Waals surface area contributed by atoms with Crippen molar-refractivity contribution in [1.29, 1.82) is 0 Å². The van der Waals surface area contributed by atoms with E-state index in [0.717, 1.165) is 16.7 Å². The summed E-state index contributed by atoms with van der Waals surface area (Å²) in [6.45, 7) is 0.